The van der Waals surface area contributed by atoms with E-state index in [1.807, 2.05) is 33.8 Å². The molecule has 0 bridgehead atoms. The Labute approximate surface area is 194 Å². The van der Waals surface area contributed by atoms with Gasteiger partial charge in [-0.15, -0.1) is 0 Å². The van der Waals surface area contributed by atoms with E-state index < -0.39 is 40.0 Å². The number of nitriles is 1. The molecular formula is C23H41BN2O6. The van der Waals surface area contributed by atoms with Gasteiger partial charge in [0.15, 0.2) is 0 Å². The molecule has 0 N–H and O–H groups in total. The molecule has 182 valence electrons. The predicted octanol–water partition coefficient (Wildman–Crippen LogP) is 4.72. The molecule has 1 fully saturated rings. The lowest BCUT2D eigenvalue weighted by Crippen LogP contribution is -2.57. The van der Waals surface area contributed by atoms with Crippen LogP contribution in [0.5, 0.6) is 0 Å². The predicted molar refractivity (Wildman–Crippen MR) is 123 cm³/mol. The minimum atomic E-state index is -1.80. The van der Waals surface area contributed by atoms with E-state index in [-0.39, 0.29) is 13.5 Å². The molecule has 0 aromatic rings. The zero-order chi connectivity index (χ0) is 25.2. The highest BCUT2D eigenvalue weighted by molar-refractivity contribution is 6.45. The summed E-state index contributed by atoms with van der Waals surface area (Å²) in [6.07, 6.45) is 1.10. The van der Waals surface area contributed by atoms with E-state index in [0.29, 0.717) is 19.2 Å². The average molecular weight is 452 g/mol. The lowest BCUT2D eigenvalue weighted by atomic mass is 9.80. The Kier molecular flexibility index (Phi) is 8.48. The van der Waals surface area contributed by atoms with E-state index in [0.717, 1.165) is 4.90 Å². The fraction of sp³-hybridized carbons (Fsp3) is 0.870. The van der Waals surface area contributed by atoms with Crippen LogP contribution < -0.4 is 0 Å². The summed E-state index contributed by atoms with van der Waals surface area (Å²) in [5.74, 6) is -0.767. The Balaban J connectivity index is 2.95. The molecular weight excluding hydrogens is 411 g/mol. The van der Waals surface area contributed by atoms with E-state index in [1.54, 1.807) is 41.5 Å². The van der Waals surface area contributed by atoms with Crippen LogP contribution in [0.25, 0.3) is 0 Å². The van der Waals surface area contributed by atoms with Crippen molar-refractivity contribution >= 4 is 19.2 Å². The van der Waals surface area contributed by atoms with E-state index in [2.05, 4.69) is 0 Å². The number of hydrogen-bond acceptors (Lipinski definition) is 7. The van der Waals surface area contributed by atoms with Crippen molar-refractivity contribution in [2.24, 2.45) is 0 Å². The van der Waals surface area contributed by atoms with Gasteiger partial charge in [0.2, 0.25) is 5.54 Å². The summed E-state index contributed by atoms with van der Waals surface area (Å²) < 4.78 is 23.0. The molecule has 1 aliphatic rings. The van der Waals surface area contributed by atoms with Gasteiger partial charge in [0.05, 0.1) is 11.2 Å². The lowest BCUT2D eigenvalue weighted by molar-refractivity contribution is -0.165. The van der Waals surface area contributed by atoms with Crippen molar-refractivity contribution in [3.05, 3.63) is 0 Å². The van der Waals surface area contributed by atoms with Crippen LogP contribution >= 0.6 is 0 Å². The average Bonchev–Trinajstić information content (AvgIpc) is 2.78. The number of esters is 1. The van der Waals surface area contributed by atoms with E-state index >= 15 is 0 Å². The Morgan fingerprint density at radius 3 is 1.81 bits per heavy atom. The van der Waals surface area contributed by atoms with Crippen LogP contribution in [0.3, 0.4) is 0 Å². The molecule has 0 saturated carbocycles. The molecule has 32 heavy (non-hydrogen) atoms. The van der Waals surface area contributed by atoms with Crippen LogP contribution in [0, 0.1) is 11.3 Å². The molecule has 1 amide bonds. The third-order valence-corrected chi connectivity index (χ3v) is 5.69. The number of unbranched alkanes of at least 4 members (excludes halogenated alkanes) is 1. The fourth-order valence-corrected chi connectivity index (χ4v) is 3.21. The van der Waals surface area contributed by atoms with Gasteiger partial charge < -0.3 is 18.8 Å². The van der Waals surface area contributed by atoms with Gasteiger partial charge in [-0.05, 0) is 88.4 Å². The second kappa shape index (κ2) is 9.60. The van der Waals surface area contributed by atoms with Gasteiger partial charge in [-0.3, -0.25) is 4.90 Å². The number of ether oxygens (including phenoxy) is 2. The second-order valence-corrected chi connectivity index (χ2v) is 11.4. The molecule has 0 spiro atoms. The first-order valence-electron chi connectivity index (χ1n) is 11.2. The molecule has 1 atom stereocenters. The first-order valence-corrected chi connectivity index (χ1v) is 11.2. The molecule has 0 aromatic carbocycles. The first kappa shape index (κ1) is 28.2. The summed E-state index contributed by atoms with van der Waals surface area (Å²) in [5, 5.41) is 10.1. The SMILES string of the molecule is CN(C(=O)OC(C)(C)C)C(C#N)(CCCCB1OC(C)(C)C(C)(C)O1)C(=O)OC(C)(C)C. The smallest absolute Gasteiger partial charge is 0.457 e. The number of nitrogens with zero attached hydrogens (tertiary/aromatic N) is 2. The normalized spacial score (nSPS) is 19.6. The lowest BCUT2D eigenvalue weighted by Gasteiger charge is -2.36. The Morgan fingerprint density at radius 1 is 0.938 bits per heavy atom. The van der Waals surface area contributed by atoms with Gasteiger partial charge in [-0.2, -0.15) is 5.26 Å². The monoisotopic (exact) mass is 452 g/mol. The number of carbonyl (C=O) groups is 2. The van der Waals surface area contributed by atoms with Crippen LogP contribution in [0.4, 0.5) is 4.79 Å². The Hall–Kier alpha value is -1.79. The van der Waals surface area contributed by atoms with Crippen molar-refractivity contribution in [1.29, 1.82) is 5.26 Å². The molecule has 0 aliphatic carbocycles. The molecule has 0 radical (unpaired) electrons. The molecule has 1 heterocycles. The van der Waals surface area contributed by atoms with Crippen LogP contribution in [-0.4, -0.2) is 59.1 Å². The van der Waals surface area contributed by atoms with Gasteiger partial charge in [0.25, 0.3) is 0 Å². The van der Waals surface area contributed by atoms with Crippen molar-refractivity contribution in [2.45, 2.75) is 123 Å². The maximum atomic E-state index is 13.1. The maximum absolute atomic E-state index is 13.1. The quantitative estimate of drug-likeness (QED) is 0.313. The summed E-state index contributed by atoms with van der Waals surface area (Å²) in [7, 11) is 1.04. The van der Waals surface area contributed by atoms with Crippen LogP contribution in [0.1, 0.15) is 88.5 Å². The first-order chi connectivity index (χ1) is 14.3. The van der Waals surface area contributed by atoms with E-state index in [9.17, 15) is 14.9 Å². The zero-order valence-corrected chi connectivity index (χ0v) is 21.7. The molecule has 8 nitrogen and oxygen atoms in total. The highest BCUT2D eigenvalue weighted by atomic mass is 16.7. The molecule has 9 heteroatoms. The topological polar surface area (TPSA) is 98.1 Å². The molecule has 1 aliphatic heterocycles. The van der Waals surface area contributed by atoms with Gasteiger partial charge in [0, 0.05) is 7.05 Å². The highest BCUT2D eigenvalue weighted by Crippen LogP contribution is 2.38. The van der Waals surface area contributed by atoms with Crippen molar-refractivity contribution in [3.8, 4) is 6.07 Å². The van der Waals surface area contributed by atoms with E-state index in [4.69, 9.17) is 18.8 Å². The van der Waals surface area contributed by atoms with Crippen molar-refractivity contribution in [3.63, 3.8) is 0 Å². The van der Waals surface area contributed by atoms with Crippen LogP contribution in [0.2, 0.25) is 6.32 Å². The third-order valence-electron chi connectivity index (χ3n) is 5.69. The van der Waals surface area contributed by atoms with Gasteiger partial charge in [0.1, 0.15) is 17.3 Å². The number of amides is 1. The minimum absolute atomic E-state index is 0.105. The van der Waals surface area contributed by atoms with Crippen LogP contribution in [-0.2, 0) is 23.6 Å². The van der Waals surface area contributed by atoms with Crippen LogP contribution in [0.15, 0.2) is 0 Å². The molecule has 1 unspecified atom stereocenters. The van der Waals surface area contributed by atoms with Crippen molar-refractivity contribution in [1.82, 2.24) is 4.90 Å². The number of hydrogen-bond donors (Lipinski definition) is 0. The highest BCUT2D eigenvalue weighted by Gasteiger charge is 2.51. The summed E-state index contributed by atoms with van der Waals surface area (Å²) in [4.78, 5) is 26.9. The fourth-order valence-electron chi connectivity index (χ4n) is 3.21. The molecule has 1 saturated heterocycles. The van der Waals surface area contributed by atoms with E-state index in [1.165, 1.54) is 7.05 Å². The van der Waals surface area contributed by atoms with Crippen molar-refractivity contribution in [2.75, 3.05) is 7.05 Å². The number of rotatable bonds is 7. The summed E-state index contributed by atoms with van der Waals surface area (Å²) >= 11 is 0. The van der Waals surface area contributed by atoms with Gasteiger partial charge in [-0.1, -0.05) is 6.42 Å². The third kappa shape index (κ3) is 7.11. The summed E-state index contributed by atoms with van der Waals surface area (Å²) in [6.45, 7) is 18.3. The van der Waals surface area contributed by atoms with Gasteiger partial charge in [-0.25, -0.2) is 9.59 Å². The zero-order valence-electron chi connectivity index (χ0n) is 21.7. The standard InChI is InChI=1S/C23H41BN2O6/c1-19(2,3)29-17(27)23(16-25,26(11)18(28)30-20(4,5)6)14-12-13-15-24-31-21(7,8)22(9,10)32-24/h12-15H2,1-11H3. The summed E-state index contributed by atoms with van der Waals surface area (Å²) in [5.41, 5.74) is -4.21. The number of likely N-dealkylation sites (N-methyl/N-ethyl adjacent to an activating group) is 1. The van der Waals surface area contributed by atoms with Crippen molar-refractivity contribution < 1.29 is 28.4 Å². The Morgan fingerprint density at radius 2 is 1.41 bits per heavy atom. The minimum Gasteiger partial charge on any atom is -0.457 e. The maximum Gasteiger partial charge on any atom is 0.457 e. The number of carbonyl (C=O) groups excluding carboxylic acids is 2. The largest absolute Gasteiger partial charge is 0.457 e. The van der Waals surface area contributed by atoms with Gasteiger partial charge >= 0.3 is 19.2 Å². The Bertz CT molecular complexity index is 716. The molecule has 1 rings (SSSR count). The molecule has 0 aromatic heterocycles. The second-order valence-electron chi connectivity index (χ2n) is 11.4. The summed E-state index contributed by atoms with van der Waals surface area (Å²) in [6, 6.07) is 2.05.